The Labute approximate surface area is 283 Å². The zero-order valence-corrected chi connectivity index (χ0v) is 26.9. The highest BCUT2D eigenvalue weighted by molar-refractivity contribution is 6.40. The van der Waals surface area contributed by atoms with Crippen LogP contribution in [-0.4, -0.2) is 0 Å². The maximum Gasteiger partial charge on any atom is -0.000730 e. The largest absolute Gasteiger partial charge is 0.0620 e. The Bertz CT molecular complexity index is 3090. The van der Waals surface area contributed by atoms with E-state index in [9.17, 15) is 0 Å². The molecule has 0 saturated carbocycles. The van der Waals surface area contributed by atoms with Gasteiger partial charge in [0.05, 0.1) is 0 Å². The minimum atomic E-state index is 1.26. The van der Waals surface area contributed by atoms with Crippen molar-refractivity contribution in [3.63, 3.8) is 0 Å². The molecule has 0 unspecified atom stereocenters. The first-order valence-electron chi connectivity index (χ1n) is 17.3. The highest BCUT2D eigenvalue weighted by Crippen LogP contribution is 2.60. The Kier molecular flexibility index (Phi) is 4.74. The molecule has 0 spiro atoms. The van der Waals surface area contributed by atoms with E-state index in [1.165, 1.54) is 126 Å². The molecule has 0 aromatic heterocycles. The molecule has 0 N–H and O–H groups in total. The molecular formula is C49H28. The van der Waals surface area contributed by atoms with Gasteiger partial charge in [-0.1, -0.05) is 146 Å². The topological polar surface area (TPSA) is 0 Å². The van der Waals surface area contributed by atoms with Crippen molar-refractivity contribution in [3.8, 4) is 44.5 Å². The summed E-state index contributed by atoms with van der Waals surface area (Å²) in [7, 11) is 0. The fourth-order valence-electron chi connectivity index (χ4n) is 9.57. The van der Waals surface area contributed by atoms with Gasteiger partial charge in [0.15, 0.2) is 0 Å². The summed E-state index contributed by atoms with van der Waals surface area (Å²) in [5.74, 6) is 0. The lowest BCUT2D eigenvalue weighted by molar-refractivity contribution is 1.47. The molecule has 0 heteroatoms. The Balaban J connectivity index is 1.31. The zero-order valence-electron chi connectivity index (χ0n) is 26.9. The number of hydrogen-bond donors (Lipinski definition) is 0. The van der Waals surface area contributed by atoms with E-state index in [-0.39, 0.29) is 0 Å². The van der Waals surface area contributed by atoms with Crippen molar-refractivity contribution >= 4 is 76.8 Å². The average Bonchev–Trinajstić information content (AvgIpc) is 3.73. The summed E-state index contributed by atoms with van der Waals surface area (Å²) in [6.07, 6.45) is 4.54. The second kappa shape index (κ2) is 9.01. The number of hydrogen-bond acceptors (Lipinski definition) is 0. The van der Waals surface area contributed by atoms with Crippen molar-refractivity contribution < 1.29 is 0 Å². The first-order valence-corrected chi connectivity index (χ1v) is 17.3. The molecule has 2 aliphatic carbocycles. The molecule has 0 radical (unpaired) electrons. The molecule has 0 amide bonds. The van der Waals surface area contributed by atoms with Crippen molar-refractivity contribution in [2.75, 3.05) is 0 Å². The van der Waals surface area contributed by atoms with Crippen molar-refractivity contribution in [2.45, 2.75) is 6.92 Å². The van der Waals surface area contributed by atoms with Crippen LogP contribution in [-0.2, 0) is 0 Å². The van der Waals surface area contributed by atoms with Gasteiger partial charge >= 0.3 is 0 Å². The molecule has 10 aromatic rings. The van der Waals surface area contributed by atoms with E-state index in [2.05, 4.69) is 159 Å². The van der Waals surface area contributed by atoms with Gasteiger partial charge in [0.1, 0.15) is 0 Å². The highest BCUT2D eigenvalue weighted by Gasteiger charge is 2.32. The Hall–Kier alpha value is -6.24. The molecule has 49 heavy (non-hydrogen) atoms. The fourth-order valence-corrected chi connectivity index (χ4v) is 9.57. The van der Waals surface area contributed by atoms with Crippen molar-refractivity contribution in [2.24, 2.45) is 0 Å². The summed E-state index contributed by atoms with van der Waals surface area (Å²) in [6.45, 7) is 2.26. The predicted octanol–water partition coefficient (Wildman–Crippen LogP) is 13.8. The normalized spacial score (nSPS) is 12.9. The molecule has 0 nitrogen and oxygen atoms in total. The van der Waals surface area contributed by atoms with Crippen LogP contribution in [0.3, 0.4) is 0 Å². The molecule has 2 aliphatic rings. The van der Waals surface area contributed by atoms with E-state index in [1.54, 1.807) is 0 Å². The van der Waals surface area contributed by atoms with Crippen LogP contribution in [0, 0.1) is 6.92 Å². The van der Waals surface area contributed by atoms with Crippen LogP contribution in [0.1, 0.15) is 16.7 Å². The molecule has 0 aliphatic heterocycles. The lowest BCUT2D eigenvalue weighted by Gasteiger charge is -2.21. The highest BCUT2D eigenvalue weighted by atomic mass is 14.3. The Morgan fingerprint density at radius 3 is 1.57 bits per heavy atom. The van der Waals surface area contributed by atoms with Crippen LogP contribution >= 0.6 is 0 Å². The molecule has 0 atom stereocenters. The standard InChI is InChI=1S/C49H28/c1-27-8-2-5-11-33(27)44-35-13-7-6-12-34(35)43(32-17-14-28-9-3-4-10-31(28)26-32)48-40-24-22-38-36-20-18-29-15-16-30-19-21-37(45(36)42(29)30)39-23-25-41(49(44)48)47(40)46(38)39/h2-26H,1H3. The van der Waals surface area contributed by atoms with Crippen LogP contribution in [0.4, 0.5) is 0 Å². The smallest absolute Gasteiger partial charge is 0.000730 e. The summed E-state index contributed by atoms with van der Waals surface area (Å²) in [6, 6.07) is 52.8. The van der Waals surface area contributed by atoms with Crippen molar-refractivity contribution in [1.29, 1.82) is 0 Å². The van der Waals surface area contributed by atoms with Gasteiger partial charge in [0, 0.05) is 0 Å². The molecule has 10 aromatic carbocycles. The van der Waals surface area contributed by atoms with Crippen molar-refractivity contribution in [3.05, 3.63) is 156 Å². The number of aryl methyl sites for hydroxylation is 1. The first-order chi connectivity index (χ1) is 24.2. The second-order valence-electron chi connectivity index (χ2n) is 14.0. The van der Waals surface area contributed by atoms with Gasteiger partial charge < -0.3 is 0 Å². The summed E-state index contributed by atoms with van der Waals surface area (Å²) < 4.78 is 0. The summed E-state index contributed by atoms with van der Waals surface area (Å²) in [4.78, 5) is 0. The Morgan fingerprint density at radius 1 is 0.327 bits per heavy atom. The maximum atomic E-state index is 2.43. The van der Waals surface area contributed by atoms with E-state index in [0.29, 0.717) is 0 Å². The minimum Gasteiger partial charge on any atom is -0.0620 e. The van der Waals surface area contributed by atoms with E-state index in [0.717, 1.165) is 0 Å². The SMILES string of the molecule is Cc1ccccc1-c1c2c(c(-c3ccc4ccccc4c3)c3ccccc13)-c1ccc3c4ccc5c6c(ccc(c7ccc-2c1c37)c64)C=C5. The van der Waals surface area contributed by atoms with Gasteiger partial charge in [-0.25, -0.2) is 0 Å². The third-order valence-corrected chi connectivity index (χ3v) is 11.6. The quantitative estimate of drug-likeness (QED) is 0.134. The van der Waals surface area contributed by atoms with Gasteiger partial charge in [-0.05, 0) is 139 Å². The average molecular weight is 617 g/mol. The third-order valence-electron chi connectivity index (χ3n) is 11.6. The van der Waals surface area contributed by atoms with Gasteiger partial charge in [-0.15, -0.1) is 0 Å². The van der Waals surface area contributed by atoms with Crippen molar-refractivity contribution in [1.82, 2.24) is 0 Å². The van der Waals surface area contributed by atoms with Crippen LogP contribution in [0.2, 0.25) is 0 Å². The first kappa shape index (κ1) is 25.8. The lowest BCUT2D eigenvalue weighted by atomic mass is 9.81. The summed E-state index contributed by atoms with van der Waals surface area (Å²) in [5.41, 5.74) is 14.6. The Morgan fingerprint density at radius 2 is 0.878 bits per heavy atom. The van der Waals surface area contributed by atoms with Crippen LogP contribution in [0.15, 0.2) is 140 Å². The second-order valence-corrected chi connectivity index (χ2v) is 14.0. The van der Waals surface area contributed by atoms with Crippen LogP contribution in [0.25, 0.3) is 121 Å². The lowest BCUT2D eigenvalue weighted by Crippen LogP contribution is -1.94. The van der Waals surface area contributed by atoms with E-state index in [1.807, 2.05) is 0 Å². The van der Waals surface area contributed by atoms with E-state index in [4.69, 9.17) is 0 Å². The third kappa shape index (κ3) is 3.15. The van der Waals surface area contributed by atoms with E-state index >= 15 is 0 Å². The molecule has 0 fully saturated rings. The van der Waals surface area contributed by atoms with Gasteiger partial charge in [-0.3, -0.25) is 0 Å². The molecule has 0 heterocycles. The van der Waals surface area contributed by atoms with Gasteiger partial charge in [0.25, 0.3) is 0 Å². The number of rotatable bonds is 2. The minimum absolute atomic E-state index is 1.26. The molecule has 12 rings (SSSR count). The molecular weight excluding hydrogens is 589 g/mol. The fraction of sp³-hybridized carbons (Fsp3) is 0.0204. The molecule has 224 valence electrons. The summed E-state index contributed by atoms with van der Waals surface area (Å²) >= 11 is 0. The van der Waals surface area contributed by atoms with Gasteiger partial charge in [-0.2, -0.15) is 0 Å². The van der Waals surface area contributed by atoms with E-state index < -0.39 is 0 Å². The van der Waals surface area contributed by atoms with Crippen LogP contribution < -0.4 is 0 Å². The van der Waals surface area contributed by atoms with Crippen LogP contribution in [0.5, 0.6) is 0 Å². The molecule has 0 saturated heterocycles. The number of fused-ring (bicyclic) bond motifs is 7. The maximum absolute atomic E-state index is 2.43. The van der Waals surface area contributed by atoms with Gasteiger partial charge in [0.2, 0.25) is 0 Å². The zero-order chi connectivity index (χ0) is 32.0. The number of benzene rings is 10. The monoisotopic (exact) mass is 616 g/mol. The molecule has 0 bridgehead atoms. The predicted molar refractivity (Wildman–Crippen MR) is 212 cm³/mol. The summed E-state index contributed by atoms with van der Waals surface area (Å²) in [5, 5.41) is 16.1.